The molecule has 1 amide bonds. The Kier molecular flexibility index (Phi) is 5.28. The van der Waals surface area contributed by atoms with E-state index in [1.165, 1.54) is 6.29 Å². The van der Waals surface area contributed by atoms with E-state index in [0.717, 1.165) is 0 Å². The second-order valence-electron chi connectivity index (χ2n) is 3.02. The molecule has 0 saturated carbocycles. The number of carbonyl (C=O) groups excluding carboxylic acids is 2. The number of aliphatic hydroxyl groups is 1. The Morgan fingerprint density at radius 2 is 2.17 bits per heavy atom. The minimum absolute atomic E-state index is 0.229. The van der Waals surface area contributed by atoms with Crippen LogP contribution >= 0.6 is 0 Å². The highest BCUT2D eigenvalue weighted by Gasteiger charge is 2.11. The van der Waals surface area contributed by atoms with Crippen LogP contribution in [0.15, 0.2) is 0 Å². The molecule has 0 fully saturated rings. The summed E-state index contributed by atoms with van der Waals surface area (Å²) in [6, 6.07) is -0.878. The van der Waals surface area contributed by atoms with Crippen LogP contribution in [0.4, 0.5) is 0 Å². The predicted octanol–water partition coefficient (Wildman–Crippen LogP) is -0.381. The quantitative estimate of drug-likeness (QED) is 0.594. The molecule has 0 spiro atoms. The zero-order chi connectivity index (χ0) is 9.56. The molecular weight excluding hydrogens is 158 g/mol. The lowest BCUT2D eigenvalue weighted by Gasteiger charge is -2.09. The van der Waals surface area contributed by atoms with E-state index in [-0.39, 0.29) is 11.8 Å². The Morgan fingerprint density at radius 1 is 1.58 bits per heavy atom. The van der Waals surface area contributed by atoms with Crippen molar-refractivity contribution in [3.63, 3.8) is 0 Å². The van der Waals surface area contributed by atoms with E-state index in [9.17, 15) is 9.59 Å². The zero-order valence-electron chi connectivity index (χ0n) is 7.33. The Morgan fingerprint density at radius 3 is 2.50 bits per heavy atom. The van der Waals surface area contributed by atoms with Crippen LogP contribution in [-0.2, 0) is 9.59 Å². The summed E-state index contributed by atoms with van der Waals surface area (Å²) in [5.74, 6) is 0.0170. The van der Waals surface area contributed by atoms with Crippen molar-refractivity contribution in [1.29, 1.82) is 0 Å². The van der Waals surface area contributed by atoms with Gasteiger partial charge in [-0.15, -0.1) is 0 Å². The third-order valence-electron chi connectivity index (χ3n) is 1.25. The molecule has 4 nitrogen and oxygen atoms in total. The first-order chi connectivity index (χ1) is 5.60. The van der Waals surface area contributed by atoms with E-state index in [2.05, 4.69) is 5.32 Å². The predicted molar refractivity (Wildman–Crippen MR) is 44.2 cm³/mol. The van der Waals surface area contributed by atoms with Crippen LogP contribution in [0.1, 0.15) is 20.3 Å². The van der Waals surface area contributed by atoms with Crippen molar-refractivity contribution in [2.24, 2.45) is 5.92 Å². The van der Waals surface area contributed by atoms with Gasteiger partial charge in [-0.05, 0) is 5.92 Å². The number of carbonyl (C=O) groups is 1. The van der Waals surface area contributed by atoms with E-state index in [1.54, 1.807) is 0 Å². The number of hydrogen-bond acceptors (Lipinski definition) is 3. The SMILES string of the molecule is CC(C)CC(=O)N[C@@H]([C]=O)CO. The Bertz CT molecular complexity index is 156. The summed E-state index contributed by atoms with van der Waals surface area (Å²) < 4.78 is 0. The number of amides is 1. The normalized spacial score (nSPS) is 12.7. The maximum absolute atomic E-state index is 11.0. The summed E-state index contributed by atoms with van der Waals surface area (Å²) >= 11 is 0. The van der Waals surface area contributed by atoms with Gasteiger partial charge in [0.15, 0.2) is 0 Å². The summed E-state index contributed by atoms with van der Waals surface area (Å²) in [6.45, 7) is 3.41. The van der Waals surface area contributed by atoms with Crippen molar-refractivity contribution >= 4 is 12.2 Å². The van der Waals surface area contributed by atoms with Crippen LogP contribution in [0.2, 0.25) is 0 Å². The van der Waals surface area contributed by atoms with Crippen LogP contribution in [0.25, 0.3) is 0 Å². The summed E-state index contributed by atoms with van der Waals surface area (Å²) in [5.41, 5.74) is 0. The lowest BCUT2D eigenvalue weighted by Crippen LogP contribution is -2.38. The maximum atomic E-state index is 11.0. The van der Waals surface area contributed by atoms with Gasteiger partial charge in [0.2, 0.25) is 12.2 Å². The van der Waals surface area contributed by atoms with Crippen molar-refractivity contribution in [1.82, 2.24) is 5.32 Å². The van der Waals surface area contributed by atoms with E-state index < -0.39 is 12.6 Å². The molecule has 1 atom stereocenters. The van der Waals surface area contributed by atoms with Crippen LogP contribution < -0.4 is 5.32 Å². The lowest BCUT2D eigenvalue weighted by atomic mass is 10.1. The molecule has 0 aromatic heterocycles. The number of nitrogens with one attached hydrogen (secondary N) is 1. The van der Waals surface area contributed by atoms with Crippen LogP contribution in [0.5, 0.6) is 0 Å². The molecule has 12 heavy (non-hydrogen) atoms. The van der Waals surface area contributed by atoms with Crippen molar-refractivity contribution < 1.29 is 14.7 Å². The number of rotatable bonds is 5. The largest absolute Gasteiger partial charge is 0.394 e. The Hall–Kier alpha value is -0.900. The van der Waals surface area contributed by atoms with Gasteiger partial charge in [0, 0.05) is 6.42 Å². The van der Waals surface area contributed by atoms with Gasteiger partial charge in [0.1, 0.15) is 6.04 Å². The fourth-order valence-electron chi connectivity index (χ4n) is 0.736. The standard InChI is InChI=1S/C8H14NO3/c1-6(2)3-8(12)9-7(4-10)5-11/h6-7,10H,3-4H2,1-2H3,(H,9,12)/t7-/m1/s1. The fraction of sp³-hybridized carbons (Fsp3) is 0.750. The highest BCUT2D eigenvalue weighted by molar-refractivity contribution is 5.79. The zero-order valence-corrected chi connectivity index (χ0v) is 7.33. The van der Waals surface area contributed by atoms with Crippen molar-refractivity contribution in [2.75, 3.05) is 6.61 Å². The number of aliphatic hydroxyl groups excluding tert-OH is 1. The second kappa shape index (κ2) is 5.71. The Labute approximate surface area is 72.0 Å². The number of hydrogen-bond donors (Lipinski definition) is 2. The van der Waals surface area contributed by atoms with Crippen LogP contribution in [-0.4, -0.2) is 29.9 Å². The maximum Gasteiger partial charge on any atom is 0.225 e. The highest BCUT2D eigenvalue weighted by atomic mass is 16.3. The molecule has 0 aliphatic heterocycles. The van der Waals surface area contributed by atoms with Crippen LogP contribution in [0, 0.1) is 5.92 Å². The van der Waals surface area contributed by atoms with E-state index >= 15 is 0 Å². The molecule has 1 radical (unpaired) electrons. The topological polar surface area (TPSA) is 66.4 Å². The smallest absolute Gasteiger partial charge is 0.225 e. The first kappa shape index (κ1) is 11.1. The molecule has 69 valence electrons. The molecule has 0 bridgehead atoms. The van der Waals surface area contributed by atoms with E-state index in [4.69, 9.17) is 5.11 Å². The van der Waals surface area contributed by atoms with Gasteiger partial charge in [0.25, 0.3) is 0 Å². The van der Waals surface area contributed by atoms with Gasteiger partial charge < -0.3 is 10.4 Å². The van der Waals surface area contributed by atoms with Crippen molar-refractivity contribution in [3.8, 4) is 0 Å². The van der Waals surface area contributed by atoms with Crippen molar-refractivity contribution in [2.45, 2.75) is 26.3 Å². The second-order valence-corrected chi connectivity index (χ2v) is 3.02. The molecule has 0 aliphatic rings. The third kappa shape index (κ3) is 4.85. The monoisotopic (exact) mass is 172 g/mol. The van der Waals surface area contributed by atoms with Gasteiger partial charge in [0.05, 0.1) is 6.61 Å². The minimum Gasteiger partial charge on any atom is -0.394 e. The van der Waals surface area contributed by atoms with Crippen LogP contribution in [0.3, 0.4) is 0 Å². The van der Waals surface area contributed by atoms with E-state index in [1.807, 2.05) is 13.8 Å². The first-order valence-electron chi connectivity index (χ1n) is 3.88. The lowest BCUT2D eigenvalue weighted by molar-refractivity contribution is -0.122. The third-order valence-corrected chi connectivity index (χ3v) is 1.25. The average Bonchev–Trinajstić information content (AvgIpc) is 1.98. The van der Waals surface area contributed by atoms with Crippen molar-refractivity contribution in [3.05, 3.63) is 0 Å². The molecule has 2 N–H and O–H groups in total. The molecule has 0 aromatic rings. The van der Waals surface area contributed by atoms with Gasteiger partial charge >= 0.3 is 0 Å². The Balaban J connectivity index is 3.74. The molecule has 0 aromatic carbocycles. The van der Waals surface area contributed by atoms with Gasteiger partial charge in [-0.3, -0.25) is 9.59 Å². The first-order valence-corrected chi connectivity index (χ1v) is 3.88. The van der Waals surface area contributed by atoms with Gasteiger partial charge in [-0.25, -0.2) is 0 Å². The molecular formula is C8H14NO3. The average molecular weight is 172 g/mol. The molecule has 0 heterocycles. The fourth-order valence-corrected chi connectivity index (χ4v) is 0.736. The summed E-state index contributed by atoms with van der Waals surface area (Å²) in [5, 5.41) is 10.9. The van der Waals surface area contributed by atoms with Gasteiger partial charge in [-0.2, -0.15) is 0 Å². The molecule has 0 aliphatic carbocycles. The minimum atomic E-state index is -0.878. The molecule has 0 saturated heterocycles. The molecule has 0 unspecified atom stereocenters. The highest BCUT2D eigenvalue weighted by Crippen LogP contribution is 1.98. The molecule has 4 heteroatoms. The summed E-state index contributed by atoms with van der Waals surface area (Å²) in [6.07, 6.45) is 1.88. The summed E-state index contributed by atoms with van der Waals surface area (Å²) in [4.78, 5) is 21.0. The molecule has 0 rings (SSSR count). The van der Waals surface area contributed by atoms with E-state index in [0.29, 0.717) is 6.42 Å². The van der Waals surface area contributed by atoms with Gasteiger partial charge in [-0.1, -0.05) is 13.8 Å². The summed E-state index contributed by atoms with van der Waals surface area (Å²) in [7, 11) is 0.